The van der Waals surface area contributed by atoms with E-state index in [0.29, 0.717) is 11.5 Å². The molecule has 2 aromatic rings. The van der Waals surface area contributed by atoms with Crippen LogP contribution in [0, 0.1) is 35.4 Å². The van der Waals surface area contributed by atoms with Crippen LogP contribution >= 0.6 is 0 Å². The second-order valence-electron chi connectivity index (χ2n) is 8.85. The molecule has 1 nitrogen and oxygen atoms in total. The molecular formula is C28H31FO. The van der Waals surface area contributed by atoms with E-state index >= 15 is 0 Å². The third-order valence-corrected chi connectivity index (χ3v) is 7.01. The molecule has 2 aliphatic rings. The van der Waals surface area contributed by atoms with Gasteiger partial charge in [0.05, 0.1) is 12.7 Å². The molecule has 0 amide bonds. The Balaban J connectivity index is 1.42. The molecule has 0 N–H and O–H groups in total. The zero-order valence-electron chi connectivity index (χ0n) is 18.0. The molecule has 2 aliphatic carbocycles. The standard InChI is InChI=1S/C28H31FO/c1-3-4-21-6-10-24-18-25(14-13-23(24)17-21)26-12-11-22(28(29)19-26)9-5-20-7-15-27(30-2)16-8-20/h3-4,7-8,11-12,15-16,19,21,23-25H,6,10,13-14,17-18H2,1-2H3/b4-3+. The highest BCUT2D eigenvalue weighted by Crippen LogP contribution is 2.47. The first-order valence-electron chi connectivity index (χ1n) is 11.2. The van der Waals surface area contributed by atoms with E-state index in [0.717, 1.165) is 34.6 Å². The minimum atomic E-state index is -0.201. The summed E-state index contributed by atoms with van der Waals surface area (Å²) >= 11 is 0. The number of hydrogen-bond acceptors (Lipinski definition) is 1. The Morgan fingerprint density at radius 1 is 0.933 bits per heavy atom. The number of methoxy groups -OCH3 is 1. The first-order chi connectivity index (χ1) is 14.7. The number of rotatable bonds is 3. The van der Waals surface area contributed by atoms with E-state index in [1.165, 1.54) is 38.5 Å². The maximum absolute atomic E-state index is 14.8. The maximum Gasteiger partial charge on any atom is 0.139 e. The Kier molecular flexibility index (Phi) is 6.58. The molecule has 0 spiro atoms. The smallest absolute Gasteiger partial charge is 0.139 e. The van der Waals surface area contributed by atoms with Gasteiger partial charge < -0.3 is 4.74 Å². The molecule has 2 fully saturated rings. The molecule has 0 heterocycles. The van der Waals surface area contributed by atoms with Crippen molar-refractivity contribution in [3.8, 4) is 17.6 Å². The third-order valence-electron chi connectivity index (χ3n) is 7.01. The highest BCUT2D eigenvalue weighted by atomic mass is 19.1. The Labute approximate surface area is 180 Å². The van der Waals surface area contributed by atoms with Gasteiger partial charge in [-0.05, 0) is 111 Å². The number of allylic oxidation sites excluding steroid dienone is 2. The van der Waals surface area contributed by atoms with Crippen LogP contribution in [0.15, 0.2) is 54.6 Å². The highest BCUT2D eigenvalue weighted by molar-refractivity contribution is 5.45. The van der Waals surface area contributed by atoms with Crippen LogP contribution in [0.2, 0.25) is 0 Å². The van der Waals surface area contributed by atoms with Gasteiger partial charge >= 0.3 is 0 Å². The first-order valence-corrected chi connectivity index (χ1v) is 11.2. The zero-order chi connectivity index (χ0) is 20.9. The molecule has 0 aliphatic heterocycles. The van der Waals surface area contributed by atoms with Crippen LogP contribution in [0.3, 0.4) is 0 Å². The van der Waals surface area contributed by atoms with Gasteiger partial charge in [-0.25, -0.2) is 4.39 Å². The number of benzene rings is 2. The minimum Gasteiger partial charge on any atom is -0.497 e. The van der Waals surface area contributed by atoms with Gasteiger partial charge in [0.15, 0.2) is 0 Å². The fourth-order valence-corrected chi connectivity index (χ4v) is 5.38. The van der Waals surface area contributed by atoms with E-state index in [2.05, 4.69) is 37.0 Å². The molecular weight excluding hydrogens is 371 g/mol. The van der Waals surface area contributed by atoms with Crippen LogP contribution in [0.1, 0.15) is 68.1 Å². The van der Waals surface area contributed by atoms with Crippen molar-refractivity contribution in [2.45, 2.75) is 51.4 Å². The van der Waals surface area contributed by atoms with Crippen molar-refractivity contribution in [3.63, 3.8) is 0 Å². The van der Waals surface area contributed by atoms with Crippen molar-refractivity contribution in [1.29, 1.82) is 0 Å². The number of hydrogen-bond donors (Lipinski definition) is 0. The molecule has 2 saturated carbocycles. The van der Waals surface area contributed by atoms with Crippen molar-refractivity contribution in [2.24, 2.45) is 17.8 Å². The molecule has 2 aromatic carbocycles. The average molecular weight is 403 g/mol. The molecule has 2 heteroatoms. The van der Waals surface area contributed by atoms with Crippen LogP contribution in [-0.2, 0) is 0 Å². The summed E-state index contributed by atoms with van der Waals surface area (Å²) in [6.07, 6.45) is 12.3. The van der Waals surface area contributed by atoms with Crippen LogP contribution < -0.4 is 4.74 Å². The van der Waals surface area contributed by atoms with E-state index in [4.69, 9.17) is 4.74 Å². The number of fused-ring (bicyclic) bond motifs is 1. The van der Waals surface area contributed by atoms with Crippen molar-refractivity contribution in [3.05, 3.63) is 77.1 Å². The summed E-state index contributed by atoms with van der Waals surface area (Å²) in [6.45, 7) is 2.13. The van der Waals surface area contributed by atoms with Gasteiger partial charge in [-0.15, -0.1) is 0 Å². The number of halogens is 1. The molecule has 0 radical (unpaired) electrons. The van der Waals surface area contributed by atoms with Crippen molar-refractivity contribution in [2.75, 3.05) is 7.11 Å². The summed E-state index contributed by atoms with van der Waals surface area (Å²) in [4.78, 5) is 0. The fourth-order valence-electron chi connectivity index (χ4n) is 5.38. The molecule has 0 bridgehead atoms. The largest absolute Gasteiger partial charge is 0.497 e. The molecule has 4 atom stereocenters. The summed E-state index contributed by atoms with van der Waals surface area (Å²) in [7, 11) is 1.64. The molecule has 156 valence electrons. The number of ether oxygens (including phenoxy) is 1. The lowest BCUT2D eigenvalue weighted by molar-refractivity contribution is 0.133. The van der Waals surface area contributed by atoms with Crippen LogP contribution in [0.5, 0.6) is 5.75 Å². The van der Waals surface area contributed by atoms with Crippen molar-refractivity contribution < 1.29 is 9.13 Å². The normalized spacial score (nSPS) is 26.0. The molecule has 4 rings (SSSR count). The van der Waals surface area contributed by atoms with E-state index < -0.39 is 0 Å². The Morgan fingerprint density at radius 3 is 2.43 bits per heavy atom. The van der Waals surface area contributed by atoms with Crippen molar-refractivity contribution in [1.82, 2.24) is 0 Å². The topological polar surface area (TPSA) is 9.23 Å². The SMILES string of the molecule is C/C=C/C1CCC2CC(c3ccc(C#Cc4ccc(OC)cc4)c(F)c3)CCC2C1. The van der Waals surface area contributed by atoms with Crippen LogP contribution in [-0.4, -0.2) is 7.11 Å². The summed E-state index contributed by atoms with van der Waals surface area (Å²) in [5.41, 5.74) is 2.47. The summed E-state index contributed by atoms with van der Waals surface area (Å²) in [6, 6.07) is 13.2. The third kappa shape index (κ3) is 4.78. The van der Waals surface area contributed by atoms with Gasteiger partial charge in [0.2, 0.25) is 0 Å². The van der Waals surface area contributed by atoms with Gasteiger partial charge in [-0.1, -0.05) is 30.1 Å². The minimum absolute atomic E-state index is 0.201. The summed E-state index contributed by atoms with van der Waals surface area (Å²) < 4.78 is 19.9. The van der Waals surface area contributed by atoms with Gasteiger partial charge in [0.25, 0.3) is 0 Å². The summed E-state index contributed by atoms with van der Waals surface area (Å²) in [5.74, 6) is 9.56. The van der Waals surface area contributed by atoms with E-state index in [1.54, 1.807) is 13.2 Å². The molecule has 0 saturated heterocycles. The Hall–Kier alpha value is -2.53. The highest BCUT2D eigenvalue weighted by Gasteiger charge is 2.35. The van der Waals surface area contributed by atoms with E-state index in [1.807, 2.05) is 30.3 Å². The van der Waals surface area contributed by atoms with E-state index in [-0.39, 0.29) is 5.82 Å². The zero-order valence-corrected chi connectivity index (χ0v) is 18.0. The first kappa shape index (κ1) is 20.7. The maximum atomic E-state index is 14.8. The second-order valence-corrected chi connectivity index (χ2v) is 8.85. The van der Waals surface area contributed by atoms with Gasteiger partial charge in [0, 0.05) is 5.56 Å². The Bertz CT molecular complexity index is 947. The van der Waals surface area contributed by atoms with Crippen LogP contribution in [0.4, 0.5) is 4.39 Å². The lowest BCUT2D eigenvalue weighted by atomic mass is 9.64. The predicted octanol–water partition coefficient (Wildman–Crippen LogP) is 7.11. The van der Waals surface area contributed by atoms with E-state index in [9.17, 15) is 4.39 Å². The van der Waals surface area contributed by atoms with Gasteiger partial charge in [-0.2, -0.15) is 0 Å². The van der Waals surface area contributed by atoms with Crippen molar-refractivity contribution >= 4 is 0 Å². The monoisotopic (exact) mass is 402 g/mol. The molecule has 0 aromatic heterocycles. The predicted molar refractivity (Wildman–Crippen MR) is 121 cm³/mol. The quantitative estimate of drug-likeness (QED) is 0.393. The summed E-state index contributed by atoms with van der Waals surface area (Å²) in [5, 5.41) is 0. The Morgan fingerprint density at radius 2 is 1.70 bits per heavy atom. The van der Waals surface area contributed by atoms with Gasteiger partial charge in [-0.3, -0.25) is 0 Å². The lowest BCUT2D eigenvalue weighted by Crippen LogP contribution is -2.30. The fraction of sp³-hybridized carbons (Fsp3) is 0.429. The second kappa shape index (κ2) is 9.52. The molecule has 30 heavy (non-hydrogen) atoms. The van der Waals surface area contributed by atoms with Gasteiger partial charge in [0.1, 0.15) is 11.6 Å². The molecule has 4 unspecified atom stereocenters. The lowest BCUT2D eigenvalue weighted by Gasteiger charge is -2.41. The van der Waals surface area contributed by atoms with Crippen LogP contribution in [0.25, 0.3) is 0 Å². The average Bonchev–Trinajstić information content (AvgIpc) is 2.78.